The minimum Gasteiger partial charge on any atom is -0.462 e. The van der Waals surface area contributed by atoms with Crippen LogP contribution in [0.25, 0.3) is 0 Å². The van der Waals surface area contributed by atoms with Gasteiger partial charge in [-0.3, -0.25) is 9.59 Å². The summed E-state index contributed by atoms with van der Waals surface area (Å²) in [6, 6.07) is 7.70. The van der Waals surface area contributed by atoms with Crippen LogP contribution >= 0.6 is 0 Å². The molecule has 0 aliphatic carbocycles. The molecule has 0 aliphatic heterocycles. The molecule has 28 heavy (non-hydrogen) atoms. The number of esters is 2. The quantitative estimate of drug-likeness (QED) is 0.431. The van der Waals surface area contributed by atoms with Gasteiger partial charge in [-0.2, -0.15) is 0 Å². The van der Waals surface area contributed by atoms with Crippen LogP contribution in [0.15, 0.2) is 30.3 Å². The number of rotatable bonds is 7. The fraction of sp³-hybridized carbons (Fsp3) is 0.571. The lowest BCUT2D eigenvalue weighted by Crippen LogP contribution is -2.44. The van der Waals surface area contributed by atoms with E-state index in [1.165, 1.54) is 0 Å². The Labute approximate surface area is 166 Å². The van der Waals surface area contributed by atoms with E-state index in [9.17, 15) is 14.4 Å². The number of amides is 1. The van der Waals surface area contributed by atoms with Crippen LogP contribution in [-0.4, -0.2) is 35.8 Å². The predicted molar refractivity (Wildman–Crippen MR) is 104 cm³/mol. The summed E-state index contributed by atoms with van der Waals surface area (Å²) in [6.07, 6.45) is -1.61. The number of hydrogen-bond acceptors (Lipinski definition) is 6. The van der Waals surface area contributed by atoms with E-state index < -0.39 is 47.8 Å². The second kappa shape index (κ2) is 10.1. The number of benzene rings is 1. The summed E-state index contributed by atoms with van der Waals surface area (Å²) in [5.41, 5.74) is -0.183. The van der Waals surface area contributed by atoms with Crippen molar-refractivity contribution in [1.82, 2.24) is 5.32 Å². The molecule has 1 N–H and O–H groups in total. The first kappa shape index (κ1) is 23.5. The molecule has 0 fully saturated rings. The normalized spacial score (nSPS) is 12.6. The Morgan fingerprint density at radius 3 is 1.71 bits per heavy atom. The van der Waals surface area contributed by atoms with Crippen molar-refractivity contribution in [2.75, 3.05) is 0 Å². The van der Waals surface area contributed by atoms with Gasteiger partial charge in [0.15, 0.2) is 5.92 Å². The summed E-state index contributed by atoms with van der Waals surface area (Å²) in [5.74, 6) is -2.92. The van der Waals surface area contributed by atoms with Crippen molar-refractivity contribution in [2.45, 2.75) is 72.3 Å². The van der Waals surface area contributed by atoms with Crippen molar-refractivity contribution in [3.8, 4) is 0 Å². The highest BCUT2D eigenvalue weighted by atomic mass is 16.6. The monoisotopic (exact) mass is 393 g/mol. The van der Waals surface area contributed by atoms with Crippen molar-refractivity contribution < 1.29 is 28.6 Å². The molecular weight excluding hydrogens is 362 g/mol. The van der Waals surface area contributed by atoms with E-state index in [1.54, 1.807) is 78.8 Å². The molecule has 1 aromatic carbocycles. The van der Waals surface area contributed by atoms with Crippen LogP contribution in [0.4, 0.5) is 4.79 Å². The zero-order valence-electron chi connectivity index (χ0n) is 17.6. The Morgan fingerprint density at radius 2 is 1.32 bits per heavy atom. The van der Waals surface area contributed by atoms with E-state index in [0.29, 0.717) is 5.56 Å². The molecule has 1 amide bonds. The van der Waals surface area contributed by atoms with Gasteiger partial charge < -0.3 is 19.5 Å². The van der Waals surface area contributed by atoms with Crippen molar-refractivity contribution in [2.24, 2.45) is 5.92 Å². The Balaban J connectivity index is 3.30. The number of ether oxygens (including phenoxy) is 3. The van der Waals surface area contributed by atoms with Crippen LogP contribution in [-0.2, 0) is 23.8 Å². The van der Waals surface area contributed by atoms with Crippen molar-refractivity contribution in [3.05, 3.63) is 35.9 Å². The molecule has 0 saturated heterocycles. The summed E-state index contributed by atoms with van der Waals surface area (Å²) in [7, 11) is 0. The van der Waals surface area contributed by atoms with E-state index in [-0.39, 0.29) is 0 Å². The molecule has 1 rings (SSSR count). The van der Waals surface area contributed by atoms with Gasteiger partial charge in [0.25, 0.3) is 0 Å². The molecule has 0 spiro atoms. The minimum absolute atomic E-state index is 0.431. The summed E-state index contributed by atoms with van der Waals surface area (Å²) >= 11 is 0. The Morgan fingerprint density at radius 1 is 0.857 bits per heavy atom. The molecule has 0 radical (unpaired) electrons. The number of alkyl carbamates (subject to hydrolysis) is 1. The highest BCUT2D eigenvalue weighted by Gasteiger charge is 2.41. The van der Waals surface area contributed by atoms with Gasteiger partial charge in [-0.1, -0.05) is 30.3 Å². The van der Waals surface area contributed by atoms with Gasteiger partial charge in [-0.15, -0.1) is 0 Å². The van der Waals surface area contributed by atoms with Crippen LogP contribution in [0.3, 0.4) is 0 Å². The molecule has 0 heterocycles. The lowest BCUT2D eigenvalue weighted by atomic mass is 9.92. The van der Waals surface area contributed by atoms with Gasteiger partial charge in [-0.25, -0.2) is 4.79 Å². The Hall–Kier alpha value is -2.57. The first-order valence-electron chi connectivity index (χ1n) is 9.36. The molecule has 0 saturated carbocycles. The van der Waals surface area contributed by atoms with E-state index in [0.717, 1.165) is 0 Å². The van der Waals surface area contributed by atoms with Crippen LogP contribution in [0.5, 0.6) is 0 Å². The lowest BCUT2D eigenvalue weighted by Gasteiger charge is -2.28. The third kappa shape index (κ3) is 7.98. The maximum Gasteiger partial charge on any atom is 0.408 e. The van der Waals surface area contributed by atoms with E-state index >= 15 is 0 Å². The zero-order chi connectivity index (χ0) is 21.5. The Kier molecular flexibility index (Phi) is 8.47. The maximum atomic E-state index is 12.7. The summed E-state index contributed by atoms with van der Waals surface area (Å²) in [5, 5.41) is 2.64. The Bertz CT molecular complexity index is 641. The third-order valence-corrected chi connectivity index (χ3v) is 3.38. The molecule has 1 atom stereocenters. The van der Waals surface area contributed by atoms with Gasteiger partial charge in [0.2, 0.25) is 0 Å². The maximum absolute atomic E-state index is 12.7. The number of carbonyl (C=O) groups excluding carboxylic acids is 3. The van der Waals surface area contributed by atoms with Crippen molar-refractivity contribution in [3.63, 3.8) is 0 Å². The van der Waals surface area contributed by atoms with Crippen LogP contribution < -0.4 is 5.32 Å². The predicted octanol–water partition coefficient (Wildman–Crippen LogP) is 3.77. The first-order valence-corrected chi connectivity index (χ1v) is 9.36. The summed E-state index contributed by atoms with van der Waals surface area (Å²) in [6.45, 7) is 11.9. The highest BCUT2D eigenvalue weighted by molar-refractivity contribution is 5.96. The summed E-state index contributed by atoms with van der Waals surface area (Å²) < 4.78 is 15.8. The molecular formula is C21H31NO6. The number of nitrogens with one attached hydrogen (secondary N) is 1. The summed E-state index contributed by atoms with van der Waals surface area (Å²) in [4.78, 5) is 37.9. The average molecular weight is 393 g/mol. The largest absolute Gasteiger partial charge is 0.462 e. The topological polar surface area (TPSA) is 90.9 Å². The van der Waals surface area contributed by atoms with Crippen molar-refractivity contribution in [1.29, 1.82) is 0 Å². The van der Waals surface area contributed by atoms with E-state index in [1.807, 2.05) is 0 Å². The molecule has 0 unspecified atom stereocenters. The van der Waals surface area contributed by atoms with Gasteiger partial charge in [0.05, 0.1) is 18.2 Å². The van der Waals surface area contributed by atoms with Gasteiger partial charge in [0, 0.05) is 0 Å². The minimum atomic E-state index is -1.38. The molecule has 0 aliphatic rings. The molecule has 0 aromatic heterocycles. The second-order valence-electron chi connectivity index (χ2n) is 7.98. The van der Waals surface area contributed by atoms with Gasteiger partial charge in [-0.05, 0) is 54.0 Å². The number of hydrogen-bond donors (Lipinski definition) is 1. The molecule has 1 aromatic rings. The second-order valence-corrected chi connectivity index (χ2v) is 7.98. The molecule has 0 bridgehead atoms. The van der Waals surface area contributed by atoms with Gasteiger partial charge >= 0.3 is 18.0 Å². The number of carbonyl (C=O) groups is 3. The first-order chi connectivity index (χ1) is 12.9. The van der Waals surface area contributed by atoms with Crippen LogP contribution in [0.2, 0.25) is 0 Å². The lowest BCUT2D eigenvalue weighted by molar-refractivity contribution is -0.168. The SMILES string of the molecule is CC(C)OC(=O)C(C(=O)OC(C)C)[C@H](NC(=O)OC(C)(C)C)c1ccccc1. The molecule has 7 nitrogen and oxygen atoms in total. The highest BCUT2D eigenvalue weighted by Crippen LogP contribution is 2.26. The third-order valence-electron chi connectivity index (χ3n) is 3.38. The zero-order valence-corrected chi connectivity index (χ0v) is 17.6. The fourth-order valence-corrected chi connectivity index (χ4v) is 2.43. The van der Waals surface area contributed by atoms with Gasteiger partial charge in [0.1, 0.15) is 5.60 Å². The van der Waals surface area contributed by atoms with Crippen LogP contribution in [0, 0.1) is 5.92 Å². The average Bonchev–Trinajstić information content (AvgIpc) is 2.51. The molecule has 7 heteroatoms. The van der Waals surface area contributed by atoms with Crippen molar-refractivity contribution >= 4 is 18.0 Å². The van der Waals surface area contributed by atoms with E-state index in [2.05, 4.69) is 5.32 Å². The fourth-order valence-electron chi connectivity index (χ4n) is 2.43. The molecule has 156 valence electrons. The van der Waals surface area contributed by atoms with E-state index in [4.69, 9.17) is 14.2 Å². The smallest absolute Gasteiger partial charge is 0.408 e. The standard InChI is InChI=1S/C21H31NO6/c1-13(2)26-18(23)16(19(24)27-14(3)4)17(15-11-9-8-10-12-15)22-20(25)28-21(5,6)7/h8-14,16-17H,1-7H3,(H,22,25)/t17-/m1/s1. The van der Waals surface area contributed by atoms with Crippen LogP contribution in [0.1, 0.15) is 60.1 Å².